The summed E-state index contributed by atoms with van der Waals surface area (Å²) in [7, 11) is 0. The van der Waals surface area contributed by atoms with Crippen LogP contribution in [0.5, 0.6) is 0 Å². The van der Waals surface area contributed by atoms with Crippen LogP contribution in [0.1, 0.15) is 17.8 Å². The van der Waals surface area contributed by atoms with Gasteiger partial charge >= 0.3 is 0 Å². The number of benzene rings is 1. The fraction of sp³-hybridized carbons (Fsp3) is 0.273. The number of nitrogens with one attached hydrogen (secondary N) is 1. The van der Waals surface area contributed by atoms with Crippen LogP contribution in [0.4, 0.5) is 0 Å². The fourth-order valence-corrected chi connectivity index (χ4v) is 1.59. The first-order valence-corrected chi connectivity index (χ1v) is 4.80. The average molecular weight is 203 g/mol. The lowest BCUT2D eigenvalue weighted by Gasteiger charge is -2.01. The number of nitrogens with zero attached hydrogens (tertiary/aromatic N) is 1. The Morgan fingerprint density at radius 2 is 2.33 bits per heavy atom. The number of fused-ring (bicyclic) bond motifs is 1. The molecule has 0 unspecified atom stereocenters. The molecule has 0 amide bonds. The van der Waals surface area contributed by atoms with Crippen molar-refractivity contribution in [2.45, 2.75) is 19.8 Å². The lowest BCUT2D eigenvalue weighted by atomic mass is 10.1. The number of carboxylic acid groups (broad SMARTS) is 1. The molecule has 0 saturated heterocycles. The number of rotatable bonds is 3. The van der Waals surface area contributed by atoms with Gasteiger partial charge < -0.3 is 14.9 Å². The van der Waals surface area contributed by atoms with Gasteiger partial charge in [0.15, 0.2) is 0 Å². The summed E-state index contributed by atoms with van der Waals surface area (Å²) >= 11 is 0. The summed E-state index contributed by atoms with van der Waals surface area (Å²) < 4.78 is 0. The third-order valence-electron chi connectivity index (χ3n) is 2.28. The lowest BCUT2D eigenvalue weighted by molar-refractivity contribution is -0.305. The quantitative estimate of drug-likeness (QED) is 0.792. The summed E-state index contributed by atoms with van der Waals surface area (Å²) in [5.41, 5.74) is 2.84. The monoisotopic (exact) mass is 203 g/mol. The van der Waals surface area contributed by atoms with Crippen LogP contribution in [-0.4, -0.2) is 15.9 Å². The van der Waals surface area contributed by atoms with Gasteiger partial charge in [-0.1, -0.05) is 6.07 Å². The molecule has 1 aromatic heterocycles. The van der Waals surface area contributed by atoms with Crippen LogP contribution in [0.25, 0.3) is 11.0 Å². The van der Waals surface area contributed by atoms with Gasteiger partial charge in [-0.15, -0.1) is 0 Å². The highest BCUT2D eigenvalue weighted by Gasteiger charge is 2.00. The molecule has 2 aromatic rings. The van der Waals surface area contributed by atoms with Gasteiger partial charge in [0.25, 0.3) is 0 Å². The Labute approximate surface area is 87.0 Å². The molecule has 0 fully saturated rings. The predicted octanol–water partition coefficient (Wildman–Crippen LogP) is 0.554. The van der Waals surface area contributed by atoms with E-state index in [2.05, 4.69) is 9.97 Å². The topological polar surface area (TPSA) is 68.8 Å². The Hall–Kier alpha value is -1.84. The van der Waals surface area contributed by atoms with Crippen molar-refractivity contribution in [2.75, 3.05) is 0 Å². The Morgan fingerprint density at radius 1 is 1.53 bits per heavy atom. The molecule has 0 aliphatic carbocycles. The summed E-state index contributed by atoms with van der Waals surface area (Å²) in [6, 6.07) is 5.72. The van der Waals surface area contributed by atoms with Crippen molar-refractivity contribution in [3.05, 3.63) is 29.6 Å². The predicted molar refractivity (Wildman–Crippen MR) is 54.2 cm³/mol. The Morgan fingerprint density at radius 3 is 3.07 bits per heavy atom. The second-order valence-corrected chi connectivity index (χ2v) is 3.55. The number of aromatic amines is 1. The third kappa shape index (κ3) is 2.15. The van der Waals surface area contributed by atoms with E-state index >= 15 is 0 Å². The van der Waals surface area contributed by atoms with Crippen LogP contribution in [0.15, 0.2) is 18.2 Å². The van der Waals surface area contributed by atoms with Gasteiger partial charge in [-0.3, -0.25) is 0 Å². The maximum Gasteiger partial charge on any atom is 0.104 e. The average Bonchev–Trinajstić information content (AvgIpc) is 2.53. The van der Waals surface area contributed by atoms with Gasteiger partial charge in [0.1, 0.15) is 5.82 Å². The fourth-order valence-electron chi connectivity index (χ4n) is 1.59. The van der Waals surface area contributed by atoms with Crippen molar-refractivity contribution in [3.8, 4) is 0 Å². The van der Waals surface area contributed by atoms with Crippen molar-refractivity contribution >= 4 is 17.0 Å². The van der Waals surface area contributed by atoms with Crippen LogP contribution in [-0.2, 0) is 11.2 Å². The summed E-state index contributed by atoms with van der Waals surface area (Å²) in [6.07, 6.45) is 0.551. The van der Waals surface area contributed by atoms with Crippen molar-refractivity contribution in [3.63, 3.8) is 0 Å². The highest BCUT2D eigenvalue weighted by molar-refractivity contribution is 5.76. The minimum Gasteiger partial charge on any atom is -0.550 e. The first kappa shape index (κ1) is 9.71. The number of carboxylic acids is 1. The van der Waals surface area contributed by atoms with Crippen molar-refractivity contribution in [1.29, 1.82) is 0 Å². The first-order chi connectivity index (χ1) is 7.15. The zero-order chi connectivity index (χ0) is 10.8. The molecule has 0 saturated carbocycles. The molecule has 0 bridgehead atoms. The molecule has 0 radical (unpaired) electrons. The van der Waals surface area contributed by atoms with Crippen LogP contribution < -0.4 is 5.11 Å². The van der Waals surface area contributed by atoms with E-state index in [4.69, 9.17) is 0 Å². The number of hydrogen-bond donors (Lipinski definition) is 1. The molecule has 1 aromatic carbocycles. The van der Waals surface area contributed by atoms with Crippen molar-refractivity contribution < 1.29 is 9.90 Å². The van der Waals surface area contributed by atoms with Crippen LogP contribution in [0, 0.1) is 6.92 Å². The van der Waals surface area contributed by atoms with Crippen molar-refractivity contribution in [2.24, 2.45) is 0 Å². The minimum atomic E-state index is -1.02. The van der Waals surface area contributed by atoms with E-state index in [0.717, 1.165) is 22.4 Å². The Bertz CT molecular complexity index is 502. The number of H-pyrrole nitrogens is 1. The zero-order valence-electron chi connectivity index (χ0n) is 8.41. The normalized spacial score (nSPS) is 10.7. The molecule has 0 spiro atoms. The second kappa shape index (κ2) is 3.73. The molecule has 0 atom stereocenters. The molecule has 4 nitrogen and oxygen atoms in total. The maximum atomic E-state index is 10.3. The van der Waals surface area contributed by atoms with E-state index in [1.807, 2.05) is 25.1 Å². The molecule has 2 rings (SSSR count). The number of aromatic nitrogens is 2. The molecule has 0 aliphatic heterocycles. The van der Waals surface area contributed by atoms with Gasteiger partial charge in [-0.2, -0.15) is 0 Å². The Balaban J connectivity index is 2.26. The molecule has 78 valence electrons. The van der Waals surface area contributed by atoms with Gasteiger partial charge in [0, 0.05) is 5.97 Å². The number of aryl methyl sites for hydroxylation is 2. The van der Waals surface area contributed by atoms with E-state index in [1.165, 1.54) is 0 Å². The maximum absolute atomic E-state index is 10.3. The Kier molecular flexibility index (Phi) is 2.41. The second-order valence-electron chi connectivity index (χ2n) is 3.55. The summed E-state index contributed by atoms with van der Waals surface area (Å²) in [6.45, 7) is 1.89. The highest BCUT2D eigenvalue weighted by Crippen LogP contribution is 2.14. The van der Waals surface area contributed by atoms with Gasteiger partial charge in [0.05, 0.1) is 11.0 Å². The molecular formula is C11H11N2O2-. The zero-order valence-corrected chi connectivity index (χ0v) is 8.41. The van der Waals surface area contributed by atoms with Crippen LogP contribution >= 0.6 is 0 Å². The number of imidazole rings is 1. The number of carbonyl (C=O) groups is 1. The van der Waals surface area contributed by atoms with E-state index < -0.39 is 5.97 Å². The standard InChI is InChI=1S/C11H12N2O2/c1-7-12-9-4-2-8(3-5-11(14)15)6-10(9)13-7/h2,4,6H,3,5H2,1H3,(H,12,13)(H,14,15)/p-1. The SMILES string of the molecule is Cc1nc2ccc(CCC(=O)[O-])cc2[nH]1. The van der Waals surface area contributed by atoms with E-state index in [-0.39, 0.29) is 6.42 Å². The minimum absolute atomic E-state index is 0.0542. The summed E-state index contributed by atoms with van der Waals surface area (Å²) in [5.74, 6) is -0.155. The van der Waals surface area contributed by atoms with Crippen molar-refractivity contribution in [1.82, 2.24) is 9.97 Å². The molecular weight excluding hydrogens is 192 g/mol. The number of carbonyl (C=O) groups excluding carboxylic acids is 1. The van der Waals surface area contributed by atoms with E-state index in [1.54, 1.807) is 0 Å². The molecule has 0 aliphatic rings. The van der Waals surface area contributed by atoms with E-state index in [9.17, 15) is 9.90 Å². The van der Waals surface area contributed by atoms with Gasteiger partial charge in [-0.05, 0) is 37.5 Å². The highest BCUT2D eigenvalue weighted by atomic mass is 16.4. The first-order valence-electron chi connectivity index (χ1n) is 4.80. The molecule has 1 N–H and O–H groups in total. The number of hydrogen-bond acceptors (Lipinski definition) is 3. The summed E-state index contributed by atoms with van der Waals surface area (Å²) in [4.78, 5) is 17.7. The molecule has 4 heteroatoms. The van der Waals surface area contributed by atoms with Crippen LogP contribution in [0.3, 0.4) is 0 Å². The lowest BCUT2D eigenvalue weighted by Crippen LogP contribution is -2.22. The van der Waals surface area contributed by atoms with Gasteiger partial charge in [-0.25, -0.2) is 4.98 Å². The largest absolute Gasteiger partial charge is 0.550 e. The number of aliphatic carboxylic acids is 1. The van der Waals surface area contributed by atoms with Gasteiger partial charge in [0.2, 0.25) is 0 Å². The third-order valence-corrected chi connectivity index (χ3v) is 2.28. The van der Waals surface area contributed by atoms with E-state index in [0.29, 0.717) is 6.42 Å². The summed E-state index contributed by atoms with van der Waals surface area (Å²) in [5, 5.41) is 10.3. The molecule has 1 heterocycles. The van der Waals surface area contributed by atoms with Crippen LogP contribution in [0.2, 0.25) is 0 Å². The molecule has 15 heavy (non-hydrogen) atoms. The smallest absolute Gasteiger partial charge is 0.104 e.